The van der Waals surface area contributed by atoms with Crippen LogP contribution in [0.5, 0.6) is 0 Å². The molecule has 0 saturated carbocycles. The van der Waals surface area contributed by atoms with E-state index < -0.39 is 30.2 Å². The maximum atomic E-state index is 12.1. The fourth-order valence-electron chi connectivity index (χ4n) is 2.11. The van der Waals surface area contributed by atoms with Gasteiger partial charge in [0.05, 0.1) is 6.04 Å². The van der Waals surface area contributed by atoms with Crippen molar-refractivity contribution in [3.05, 3.63) is 12.2 Å². The Morgan fingerprint density at radius 2 is 2.31 bits per heavy atom. The molecule has 0 aliphatic carbocycles. The Hall–Kier alpha value is -1.01. The predicted molar refractivity (Wildman–Crippen MR) is 54.4 cm³/mol. The summed E-state index contributed by atoms with van der Waals surface area (Å²) < 4.78 is 24.1. The lowest BCUT2D eigenvalue weighted by molar-refractivity contribution is -0.126. The number of hydrogen-bond acceptors (Lipinski definition) is 3. The van der Waals surface area contributed by atoms with Gasteiger partial charge in [-0.25, -0.2) is 0 Å². The summed E-state index contributed by atoms with van der Waals surface area (Å²) >= 11 is 0. The number of likely N-dealkylation sites (tertiary alicyclic amines) is 1. The van der Waals surface area contributed by atoms with Crippen molar-refractivity contribution in [3.63, 3.8) is 0 Å². The van der Waals surface area contributed by atoms with Crippen molar-refractivity contribution in [2.45, 2.75) is 32.0 Å². The standard InChI is InChI=1S/C10H16F2N2O2/c1-2-7(10(13)16)14-5-6(3-8(11)12)4-9(14)15/h3,6-7,9,15H,2,4-5H2,1H3,(H2,13,16)/t6-,7+,9+/m1/s1. The van der Waals surface area contributed by atoms with Gasteiger partial charge in [0.2, 0.25) is 5.91 Å². The molecule has 1 fully saturated rings. The van der Waals surface area contributed by atoms with E-state index in [0.29, 0.717) is 6.42 Å². The van der Waals surface area contributed by atoms with Crippen LogP contribution in [0.3, 0.4) is 0 Å². The second-order valence-corrected chi connectivity index (χ2v) is 3.96. The van der Waals surface area contributed by atoms with Gasteiger partial charge < -0.3 is 10.8 Å². The predicted octanol–water partition coefficient (Wildman–Crippen LogP) is 0.671. The Morgan fingerprint density at radius 1 is 1.69 bits per heavy atom. The Balaban J connectivity index is 2.70. The number of carbonyl (C=O) groups excluding carboxylic acids is 1. The molecule has 0 aromatic carbocycles. The number of amides is 1. The maximum Gasteiger partial charge on any atom is 0.266 e. The monoisotopic (exact) mass is 234 g/mol. The van der Waals surface area contributed by atoms with Gasteiger partial charge in [0.1, 0.15) is 6.23 Å². The molecule has 92 valence electrons. The van der Waals surface area contributed by atoms with Crippen molar-refractivity contribution in [1.82, 2.24) is 4.90 Å². The van der Waals surface area contributed by atoms with Gasteiger partial charge in [0.25, 0.3) is 6.08 Å². The zero-order valence-corrected chi connectivity index (χ0v) is 9.07. The number of nitrogens with two attached hydrogens (primary N) is 1. The van der Waals surface area contributed by atoms with E-state index >= 15 is 0 Å². The van der Waals surface area contributed by atoms with Crippen LogP contribution < -0.4 is 5.73 Å². The molecule has 3 N–H and O–H groups in total. The van der Waals surface area contributed by atoms with Crippen molar-refractivity contribution in [2.75, 3.05) is 6.54 Å². The normalized spacial score (nSPS) is 27.8. The van der Waals surface area contributed by atoms with Crippen LogP contribution in [0.15, 0.2) is 12.2 Å². The number of rotatable bonds is 4. The number of aliphatic hydroxyl groups excluding tert-OH is 1. The summed E-state index contributed by atoms with van der Waals surface area (Å²) in [6.07, 6.45) is -1.15. The van der Waals surface area contributed by atoms with E-state index in [9.17, 15) is 18.7 Å². The third-order valence-corrected chi connectivity index (χ3v) is 2.82. The molecule has 1 saturated heterocycles. The smallest absolute Gasteiger partial charge is 0.266 e. The first-order valence-corrected chi connectivity index (χ1v) is 5.21. The van der Waals surface area contributed by atoms with Crippen LogP contribution in [0.2, 0.25) is 0 Å². The first-order valence-electron chi connectivity index (χ1n) is 5.21. The van der Waals surface area contributed by atoms with E-state index in [-0.39, 0.29) is 13.0 Å². The van der Waals surface area contributed by atoms with Crippen LogP contribution in [-0.4, -0.2) is 34.7 Å². The summed E-state index contributed by atoms with van der Waals surface area (Å²) in [5.41, 5.74) is 5.18. The summed E-state index contributed by atoms with van der Waals surface area (Å²) in [7, 11) is 0. The Labute approximate surface area is 92.7 Å². The zero-order valence-electron chi connectivity index (χ0n) is 9.07. The van der Waals surface area contributed by atoms with Gasteiger partial charge >= 0.3 is 0 Å². The molecule has 0 radical (unpaired) electrons. The Bertz CT molecular complexity index is 293. The average Bonchev–Trinajstić information content (AvgIpc) is 2.46. The molecule has 16 heavy (non-hydrogen) atoms. The Morgan fingerprint density at radius 3 is 2.75 bits per heavy atom. The SMILES string of the molecule is CC[C@@H](C(N)=O)N1C[C@H](C=C(F)F)C[C@@H]1O. The minimum Gasteiger partial charge on any atom is -0.378 e. The molecule has 1 amide bonds. The van der Waals surface area contributed by atoms with E-state index in [1.807, 2.05) is 0 Å². The molecule has 1 heterocycles. The van der Waals surface area contributed by atoms with Crippen LogP contribution in [0.1, 0.15) is 19.8 Å². The quantitative estimate of drug-likeness (QED) is 0.751. The summed E-state index contributed by atoms with van der Waals surface area (Å²) in [5.74, 6) is -0.958. The fourth-order valence-corrected chi connectivity index (χ4v) is 2.11. The summed E-state index contributed by atoms with van der Waals surface area (Å²) in [6.45, 7) is 2.00. The first kappa shape index (κ1) is 13.1. The highest BCUT2D eigenvalue weighted by molar-refractivity contribution is 5.79. The van der Waals surface area contributed by atoms with Crippen molar-refractivity contribution >= 4 is 5.91 Å². The van der Waals surface area contributed by atoms with E-state index in [1.165, 1.54) is 4.90 Å². The van der Waals surface area contributed by atoms with E-state index in [1.54, 1.807) is 6.92 Å². The molecular weight excluding hydrogens is 218 g/mol. The number of aliphatic hydroxyl groups is 1. The average molecular weight is 234 g/mol. The summed E-state index contributed by atoms with van der Waals surface area (Å²) in [4.78, 5) is 12.6. The number of carbonyl (C=O) groups is 1. The Kier molecular flexibility index (Phi) is 4.37. The highest BCUT2D eigenvalue weighted by Gasteiger charge is 2.36. The van der Waals surface area contributed by atoms with Gasteiger partial charge in [-0.3, -0.25) is 9.69 Å². The van der Waals surface area contributed by atoms with Crippen LogP contribution in [0, 0.1) is 5.92 Å². The number of hydrogen-bond donors (Lipinski definition) is 2. The molecule has 0 spiro atoms. The molecule has 0 unspecified atom stereocenters. The van der Waals surface area contributed by atoms with Gasteiger partial charge in [-0.2, -0.15) is 8.78 Å². The van der Waals surface area contributed by atoms with Gasteiger partial charge in [0, 0.05) is 6.54 Å². The van der Waals surface area contributed by atoms with Crippen LogP contribution in [0.25, 0.3) is 0 Å². The minimum atomic E-state index is -1.76. The van der Waals surface area contributed by atoms with Crippen LogP contribution in [0.4, 0.5) is 8.78 Å². The molecule has 1 aliphatic heterocycles. The van der Waals surface area contributed by atoms with Crippen LogP contribution in [-0.2, 0) is 4.79 Å². The van der Waals surface area contributed by atoms with E-state index in [0.717, 1.165) is 6.08 Å². The molecule has 0 aromatic heterocycles. The first-order chi connectivity index (χ1) is 7.45. The summed E-state index contributed by atoms with van der Waals surface area (Å²) in [6, 6.07) is -0.587. The van der Waals surface area contributed by atoms with Gasteiger partial charge in [0.15, 0.2) is 0 Å². The maximum absolute atomic E-state index is 12.1. The third-order valence-electron chi connectivity index (χ3n) is 2.82. The van der Waals surface area contributed by atoms with Gasteiger partial charge in [-0.15, -0.1) is 0 Å². The largest absolute Gasteiger partial charge is 0.378 e. The summed E-state index contributed by atoms with van der Waals surface area (Å²) in [5, 5.41) is 9.67. The number of halogens is 2. The highest BCUT2D eigenvalue weighted by atomic mass is 19.3. The molecular formula is C10H16F2N2O2. The molecule has 6 heteroatoms. The van der Waals surface area contributed by atoms with Crippen molar-refractivity contribution in [2.24, 2.45) is 11.7 Å². The zero-order chi connectivity index (χ0) is 12.3. The van der Waals surface area contributed by atoms with E-state index in [4.69, 9.17) is 5.73 Å². The lowest BCUT2D eigenvalue weighted by atomic mass is 10.1. The molecule has 1 rings (SSSR count). The van der Waals surface area contributed by atoms with Crippen molar-refractivity contribution < 1.29 is 18.7 Å². The second-order valence-electron chi connectivity index (χ2n) is 3.96. The third kappa shape index (κ3) is 2.99. The van der Waals surface area contributed by atoms with Crippen molar-refractivity contribution in [1.29, 1.82) is 0 Å². The van der Waals surface area contributed by atoms with Gasteiger partial charge in [-0.05, 0) is 24.8 Å². The molecule has 0 bridgehead atoms. The molecule has 1 aliphatic rings. The number of nitrogens with zero attached hydrogens (tertiary/aromatic N) is 1. The van der Waals surface area contributed by atoms with Crippen LogP contribution >= 0.6 is 0 Å². The molecule has 4 nitrogen and oxygen atoms in total. The number of primary amides is 1. The van der Waals surface area contributed by atoms with E-state index in [2.05, 4.69) is 0 Å². The highest BCUT2D eigenvalue weighted by Crippen LogP contribution is 2.27. The lowest BCUT2D eigenvalue weighted by Crippen LogP contribution is -2.46. The van der Waals surface area contributed by atoms with Gasteiger partial charge in [-0.1, -0.05) is 6.92 Å². The lowest BCUT2D eigenvalue weighted by Gasteiger charge is -2.26. The second kappa shape index (κ2) is 5.36. The fraction of sp³-hybridized carbons (Fsp3) is 0.700. The topological polar surface area (TPSA) is 66.6 Å². The molecule has 0 aromatic rings. The molecule has 3 atom stereocenters. The van der Waals surface area contributed by atoms with Crippen molar-refractivity contribution in [3.8, 4) is 0 Å². The minimum absolute atomic E-state index is 0.209.